The van der Waals surface area contributed by atoms with E-state index < -0.39 is 90.7 Å². The number of carbonyl (C=O) groups is 3. The number of aromatic nitrogens is 4. The molecule has 0 radical (unpaired) electrons. The molecule has 1 aliphatic heterocycles. The van der Waals surface area contributed by atoms with E-state index in [0.717, 1.165) is 41.8 Å². The van der Waals surface area contributed by atoms with Crippen LogP contribution < -0.4 is 16.4 Å². The molecule has 350 valence electrons. The van der Waals surface area contributed by atoms with E-state index in [1.807, 2.05) is 24.3 Å². The average Bonchev–Trinajstić information content (AvgIpc) is 3.75. The molecule has 8 atom stereocenters. The molecule has 25 nitrogen and oxygen atoms in total. The number of phosphoric acid groups is 3. The maximum absolute atomic E-state index is 12.7. The number of nitrogen functional groups attached to an aromatic ring is 1. The summed E-state index contributed by atoms with van der Waals surface area (Å²) in [5.41, 5.74) is 4.24. The molecular weight excluding hydrogens is 907 g/mol. The lowest BCUT2D eigenvalue weighted by Gasteiger charge is -2.30. The van der Waals surface area contributed by atoms with Crippen LogP contribution in [0, 0.1) is 5.41 Å². The van der Waals surface area contributed by atoms with Crippen molar-refractivity contribution in [3.63, 3.8) is 0 Å². The fraction of sp³-hybridized carbons (Fsp3) is 0.636. The Morgan fingerprint density at radius 1 is 1.02 bits per heavy atom. The number of ether oxygens (including phenoxy) is 1. The normalized spacial score (nSPS) is 21.5. The van der Waals surface area contributed by atoms with Crippen molar-refractivity contribution < 1.29 is 85.6 Å². The number of imidazole rings is 1. The number of fused-ring (bicyclic) bond motifs is 1. The van der Waals surface area contributed by atoms with Gasteiger partial charge in [-0.2, -0.15) is 4.31 Å². The lowest BCUT2D eigenvalue weighted by atomic mass is 9.87. The molecule has 11 N–H and O–H groups in total. The summed E-state index contributed by atoms with van der Waals surface area (Å²) in [7, 11) is -16.4. The first-order valence-corrected chi connectivity index (χ1v) is 24.5. The van der Waals surface area contributed by atoms with Crippen molar-refractivity contribution in [2.75, 3.05) is 37.8 Å². The zero-order chi connectivity index (χ0) is 46.3. The fourth-order valence-electron chi connectivity index (χ4n) is 5.43. The number of nitrogens with zero attached hydrogens (tertiary/aromatic N) is 4. The summed E-state index contributed by atoms with van der Waals surface area (Å²) in [5, 5.41) is 36.3. The van der Waals surface area contributed by atoms with Crippen LogP contribution >= 0.6 is 35.2 Å². The van der Waals surface area contributed by atoms with E-state index >= 15 is 0 Å². The zero-order valence-corrected chi connectivity index (χ0v) is 37.4. The molecule has 8 unspecified atom stereocenters. The second-order valence-electron chi connectivity index (χ2n) is 14.4. The molecule has 1 aliphatic rings. The van der Waals surface area contributed by atoms with Gasteiger partial charge in [0.1, 0.15) is 36.3 Å². The van der Waals surface area contributed by atoms with Crippen molar-refractivity contribution in [2.24, 2.45) is 5.41 Å². The van der Waals surface area contributed by atoms with Crippen molar-refractivity contribution in [1.82, 2.24) is 30.2 Å². The summed E-state index contributed by atoms with van der Waals surface area (Å²) < 4.78 is 62.2. The number of hydrogen-bond donors (Lipinski definition) is 10. The van der Waals surface area contributed by atoms with Gasteiger partial charge in [0.15, 0.2) is 22.8 Å². The highest BCUT2D eigenvalue weighted by Gasteiger charge is 2.50. The van der Waals surface area contributed by atoms with Crippen molar-refractivity contribution in [1.29, 1.82) is 0 Å². The van der Waals surface area contributed by atoms with Gasteiger partial charge < -0.3 is 56.0 Å². The van der Waals surface area contributed by atoms with Gasteiger partial charge in [-0.3, -0.25) is 32.5 Å². The van der Waals surface area contributed by atoms with Gasteiger partial charge in [-0.05, 0) is 19.3 Å². The van der Waals surface area contributed by atoms with Crippen LogP contribution in [-0.4, -0.2) is 134 Å². The summed E-state index contributed by atoms with van der Waals surface area (Å²) >= 11 is 1.01. The van der Waals surface area contributed by atoms with Gasteiger partial charge in [0, 0.05) is 37.1 Å². The standard InChI is InChI=1S/C33H54N7O18P3S/c1-4-5-6-7-8-9-10-21(41)11-12-24(43)62-16-15-35-23(42)13-14-36-31(46)28(45)33(2,3)18-55-61(52,53)58-60(50,51)54-17-22-27(57-59(47,48)49)26(44)32(56-22)40-20-39-25-29(34)37-19-38-30(25)40/h6-9,19-22,26-28,32,41,44-45H,4-5,10-18H2,1-3H3,(H,35,42)(H,36,46)(H,50,51)(H,52,53)(H2,34,37,38)(H2,47,48,49)/b7-6+,9-8+. The Bertz CT molecular complexity index is 2020. The van der Waals surface area contributed by atoms with Crippen LogP contribution in [0.5, 0.6) is 0 Å². The molecule has 3 heterocycles. The molecule has 0 bridgehead atoms. The number of anilines is 1. The number of nitrogens with two attached hydrogens (primary N) is 1. The lowest BCUT2D eigenvalue weighted by molar-refractivity contribution is -0.137. The third kappa shape index (κ3) is 17.9. The Hall–Kier alpha value is -3.00. The van der Waals surface area contributed by atoms with E-state index in [1.54, 1.807) is 0 Å². The molecule has 0 aliphatic carbocycles. The molecule has 1 fully saturated rings. The second kappa shape index (κ2) is 24.3. The molecule has 1 saturated heterocycles. The Kier molecular flexibility index (Phi) is 20.9. The summed E-state index contributed by atoms with van der Waals surface area (Å²) in [6.07, 6.45) is 2.91. The molecule has 0 aromatic carbocycles. The summed E-state index contributed by atoms with van der Waals surface area (Å²) in [6.45, 7) is 2.46. The third-order valence-electron chi connectivity index (χ3n) is 8.69. The number of thioether (sulfide) groups is 1. The maximum atomic E-state index is 12.7. The highest BCUT2D eigenvalue weighted by atomic mass is 32.2. The molecule has 62 heavy (non-hydrogen) atoms. The highest BCUT2D eigenvalue weighted by Crippen LogP contribution is 2.61. The fourth-order valence-corrected chi connectivity index (χ4v) is 8.95. The van der Waals surface area contributed by atoms with Crippen LogP contribution in [0.4, 0.5) is 5.82 Å². The van der Waals surface area contributed by atoms with Crippen molar-refractivity contribution in [2.45, 2.75) is 96.0 Å². The highest BCUT2D eigenvalue weighted by molar-refractivity contribution is 8.13. The Labute approximate surface area is 360 Å². The van der Waals surface area contributed by atoms with E-state index in [4.69, 9.17) is 19.5 Å². The molecule has 2 amide bonds. The van der Waals surface area contributed by atoms with Gasteiger partial charge in [0.05, 0.1) is 25.6 Å². The summed E-state index contributed by atoms with van der Waals surface area (Å²) in [6, 6.07) is 0. The number of carbonyl (C=O) groups excluding carboxylic acids is 3. The predicted octanol–water partition coefficient (Wildman–Crippen LogP) is 1.11. The number of phosphoric ester groups is 3. The van der Waals surface area contributed by atoms with Crippen LogP contribution in [-0.2, 0) is 50.7 Å². The summed E-state index contributed by atoms with van der Waals surface area (Å²) in [4.78, 5) is 88.0. The topological polar surface area (TPSA) is 384 Å². The van der Waals surface area contributed by atoms with Crippen molar-refractivity contribution in [3.05, 3.63) is 37.0 Å². The number of nitrogens with one attached hydrogen (secondary N) is 2. The molecule has 2 aromatic heterocycles. The SMILES string of the molecule is CCC/C=C/C=C/CC(O)CCC(=O)SCCNC(=O)CCNC(=O)C(O)C(C)(C)COP(=O)(O)OP(=O)(O)OCC1OC(n2cnc3c(N)ncnc32)C(O)C1OP(=O)(O)O. The minimum absolute atomic E-state index is 0.0258. The first-order valence-electron chi connectivity index (χ1n) is 19.0. The number of hydrogen-bond acceptors (Lipinski definition) is 19. The molecule has 3 rings (SSSR count). The molecule has 2 aromatic rings. The van der Waals surface area contributed by atoms with Gasteiger partial charge in [-0.15, -0.1) is 0 Å². The number of aliphatic hydroxyl groups is 3. The van der Waals surface area contributed by atoms with E-state index in [-0.39, 0.29) is 53.8 Å². The average molecular weight is 962 g/mol. The van der Waals surface area contributed by atoms with Gasteiger partial charge in [0.25, 0.3) is 0 Å². The molecular formula is C33H54N7O18P3S. The minimum Gasteiger partial charge on any atom is -0.393 e. The largest absolute Gasteiger partial charge is 0.481 e. The van der Waals surface area contributed by atoms with E-state index in [1.165, 1.54) is 13.8 Å². The maximum Gasteiger partial charge on any atom is 0.481 e. The molecule has 29 heteroatoms. The number of aliphatic hydroxyl groups excluding tert-OH is 3. The number of amides is 2. The molecule has 0 saturated carbocycles. The quantitative estimate of drug-likeness (QED) is 0.0340. The van der Waals surface area contributed by atoms with Crippen molar-refractivity contribution >= 4 is 69.1 Å². The third-order valence-corrected chi connectivity index (χ3v) is 12.7. The Morgan fingerprint density at radius 3 is 2.40 bits per heavy atom. The number of rotatable bonds is 27. The predicted molar refractivity (Wildman–Crippen MR) is 220 cm³/mol. The minimum atomic E-state index is -5.58. The summed E-state index contributed by atoms with van der Waals surface area (Å²) in [5.74, 6) is -1.22. The first kappa shape index (κ1) is 53.3. The molecule has 0 spiro atoms. The van der Waals surface area contributed by atoms with Gasteiger partial charge >= 0.3 is 23.5 Å². The second-order valence-corrected chi connectivity index (χ2v) is 19.8. The van der Waals surface area contributed by atoms with E-state index in [0.29, 0.717) is 12.8 Å². The number of unbranched alkanes of at least 4 members (excludes halogenated alkanes) is 1. The van der Waals surface area contributed by atoms with Crippen LogP contribution in [0.1, 0.15) is 65.5 Å². The monoisotopic (exact) mass is 961 g/mol. The Balaban J connectivity index is 1.40. The zero-order valence-electron chi connectivity index (χ0n) is 33.9. The lowest BCUT2D eigenvalue weighted by Crippen LogP contribution is -2.46. The van der Waals surface area contributed by atoms with Crippen LogP contribution in [0.25, 0.3) is 11.2 Å². The Morgan fingerprint density at radius 2 is 1.71 bits per heavy atom. The first-order chi connectivity index (χ1) is 28.9. The van der Waals surface area contributed by atoms with Crippen LogP contribution in [0.2, 0.25) is 0 Å². The van der Waals surface area contributed by atoms with Crippen LogP contribution in [0.3, 0.4) is 0 Å². The number of allylic oxidation sites excluding steroid dienone is 3. The van der Waals surface area contributed by atoms with Crippen molar-refractivity contribution in [3.8, 4) is 0 Å². The van der Waals surface area contributed by atoms with Gasteiger partial charge in [0.2, 0.25) is 11.8 Å². The van der Waals surface area contributed by atoms with E-state index in [2.05, 4.69) is 41.3 Å². The van der Waals surface area contributed by atoms with Gasteiger partial charge in [-0.25, -0.2) is 28.6 Å². The van der Waals surface area contributed by atoms with Crippen LogP contribution in [0.15, 0.2) is 37.0 Å². The smallest absolute Gasteiger partial charge is 0.393 e. The van der Waals surface area contributed by atoms with Gasteiger partial charge in [-0.1, -0.05) is 63.3 Å². The van der Waals surface area contributed by atoms with E-state index in [9.17, 15) is 63.0 Å².